The first-order valence-electron chi connectivity index (χ1n) is 8.55. The number of ether oxygens (including phenoxy) is 3. The van der Waals surface area contributed by atoms with E-state index >= 15 is 0 Å². The van der Waals surface area contributed by atoms with Crippen LogP contribution in [0.25, 0.3) is 0 Å². The van der Waals surface area contributed by atoms with Crippen molar-refractivity contribution in [3.8, 4) is 0 Å². The lowest BCUT2D eigenvalue weighted by molar-refractivity contribution is -0.140. The Morgan fingerprint density at radius 2 is 1.79 bits per heavy atom. The maximum atomic E-state index is 11.6. The highest BCUT2D eigenvalue weighted by Crippen LogP contribution is 2.22. The molecule has 24 heavy (non-hydrogen) atoms. The largest absolute Gasteiger partial charge is 0.465 e. The zero-order valence-corrected chi connectivity index (χ0v) is 14.4. The van der Waals surface area contributed by atoms with Crippen LogP contribution >= 0.6 is 0 Å². The standard InChI is InChI=1S/C18H27NO5/c1-3-23-17(24-4-2)15-7-5-14(6-8-15)13-19(18(20)21)16-9-11-22-12-10-16/h5-8,16-17H,3-4,9-13H2,1-2H3,(H,20,21). The van der Waals surface area contributed by atoms with Gasteiger partial charge in [0.05, 0.1) is 0 Å². The lowest BCUT2D eigenvalue weighted by Crippen LogP contribution is -2.42. The van der Waals surface area contributed by atoms with Crippen LogP contribution in [-0.2, 0) is 20.8 Å². The maximum Gasteiger partial charge on any atom is 0.407 e. The molecule has 6 nitrogen and oxygen atoms in total. The average Bonchev–Trinajstić information content (AvgIpc) is 2.60. The van der Waals surface area contributed by atoms with Gasteiger partial charge in [0.2, 0.25) is 0 Å². The van der Waals surface area contributed by atoms with Crippen LogP contribution in [0.1, 0.15) is 44.1 Å². The minimum absolute atomic E-state index is 0.0236. The quantitative estimate of drug-likeness (QED) is 0.736. The van der Waals surface area contributed by atoms with E-state index in [0.29, 0.717) is 33.0 Å². The normalized spacial score (nSPS) is 15.6. The molecule has 0 bridgehead atoms. The Balaban J connectivity index is 2.04. The predicted molar refractivity (Wildman–Crippen MR) is 89.8 cm³/mol. The first kappa shape index (κ1) is 18.7. The molecule has 1 aliphatic rings. The van der Waals surface area contributed by atoms with Crippen LogP contribution in [0.15, 0.2) is 24.3 Å². The van der Waals surface area contributed by atoms with Crippen LogP contribution in [0.3, 0.4) is 0 Å². The van der Waals surface area contributed by atoms with Crippen molar-refractivity contribution in [2.75, 3.05) is 26.4 Å². The number of amides is 1. The van der Waals surface area contributed by atoms with Gasteiger partial charge in [0, 0.05) is 44.6 Å². The molecule has 0 radical (unpaired) electrons. The maximum absolute atomic E-state index is 11.6. The number of hydrogen-bond acceptors (Lipinski definition) is 4. The van der Waals surface area contributed by atoms with E-state index in [0.717, 1.165) is 24.0 Å². The number of carboxylic acid groups (broad SMARTS) is 1. The van der Waals surface area contributed by atoms with E-state index in [9.17, 15) is 9.90 Å². The Hall–Kier alpha value is -1.63. The van der Waals surface area contributed by atoms with E-state index in [4.69, 9.17) is 14.2 Å². The van der Waals surface area contributed by atoms with Gasteiger partial charge in [-0.15, -0.1) is 0 Å². The lowest BCUT2D eigenvalue weighted by Gasteiger charge is -2.32. The number of carbonyl (C=O) groups is 1. The van der Waals surface area contributed by atoms with Crippen LogP contribution in [0, 0.1) is 0 Å². The molecular formula is C18H27NO5. The summed E-state index contributed by atoms with van der Waals surface area (Å²) in [6.07, 6.45) is 0.245. The van der Waals surface area contributed by atoms with E-state index in [2.05, 4.69) is 0 Å². The molecule has 1 N–H and O–H groups in total. The summed E-state index contributed by atoms with van der Waals surface area (Å²) in [5.41, 5.74) is 1.90. The third kappa shape index (κ3) is 5.19. The zero-order chi connectivity index (χ0) is 17.4. The Kier molecular flexibility index (Phi) is 7.49. The molecule has 1 saturated heterocycles. The van der Waals surface area contributed by atoms with Gasteiger partial charge in [0.1, 0.15) is 0 Å². The first-order valence-corrected chi connectivity index (χ1v) is 8.55. The van der Waals surface area contributed by atoms with Crippen LogP contribution in [-0.4, -0.2) is 48.6 Å². The van der Waals surface area contributed by atoms with Gasteiger partial charge in [-0.1, -0.05) is 24.3 Å². The first-order chi connectivity index (χ1) is 11.7. The highest BCUT2D eigenvalue weighted by molar-refractivity contribution is 5.65. The molecule has 1 aromatic carbocycles. The Bertz CT molecular complexity index is 493. The van der Waals surface area contributed by atoms with E-state index in [1.165, 1.54) is 4.90 Å². The van der Waals surface area contributed by atoms with Gasteiger partial charge in [-0.05, 0) is 32.3 Å². The van der Waals surface area contributed by atoms with E-state index < -0.39 is 6.09 Å². The second-order valence-electron chi connectivity index (χ2n) is 5.74. The van der Waals surface area contributed by atoms with E-state index in [1.54, 1.807) is 0 Å². The van der Waals surface area contributed by atoms with E-state index in [-0.39, 0.29) is 12.3 Å². The Morgan fingerprint density at radius 1 is 1.21 bits per heavy atom. The molecule has 1 aliphatic heterocycles. The van der Waals surface area contributed by atoms with Crippen molar-refractivity contribution in [1.82, 2.24) is 4.90 Å². The van der Waals surface area contributed by atoms with Crippen LogP contribution in [0.5, 0.6) is 0 Å². The molecule has 0 unspecified atom stereocenters. The highest BCUT2D eigenvalue weighted by Gasteiger charge is 2.25. The minimum Gasteiger partial charge on any atom is -0.465 e. The monoisotopic (exact) mass is 337 g/mol. The molecule has 0 spiro atoms. The van der Waals surface area contributed by atoms with Gasteiger partial charge < -0.3 is 24.2 Å². The summed E-state index contributed by atoms with van der Waals surface area (Å²) < 4.78 is 16.5. The number of hydrogen-bond donors (Lipinski definition) is 1. The van der Waals surface area contributed by atoms with Crippen LogP contribution in [0.2, 0.25) is 0 Å². The van der Waals surface area contributed by atoms with Gasteiger partial charge >= 0.3 is 6.09 Å². The fourth-order valence-electron chi connectivity index (χ4n) is 2.87. The molecule has 1 heterocycles. The summed E-state index contributed by atoms with van der Waals surface area (Å²) in [5, 5.41) is 9.51. The van der Waals surface area contributed by atoms with Gasteiger partial charge in [-0.3, -0.25) is 0 Å². The molecule has 0 aliphatic carbocycles. The summed E-state index contributed by atoms with van der Waals surface area (Å²) in [6.45, 7) is 6.63. The molecule has 0 aromatic heterocycles. The molecule has 6 heteroatoms. The van der Waals surface area contributed by atoms with Crippen molar-refractivity contribution in [2.24, 2.45) is 0 Å². The van der Waals surface area contributed by atoms with Gasteiger partial charge in [0.15, 0.2) is 6.29 Å². The molecule has 134 valence electrons. The third-order valence-electron chi connectivity index (χ3n) is 4.12. The van der Waals surface area contributed by atoms with Crippen molar-refractivity contribution in [3.05, 3.63) is 35.4 Å². The molecule has 0 saturated carbocycles. The number of rotatable bonds is 8. The Labute approximate surface area is 143 Å². The average molecular weight is 337 g/mol. The van der Waals surface area contributed by atoms with Crippen molar-refractivity contribution in [2.45, 2.75) is 45.6 Å². The van der Waals surface area contributed by atoms with Gasteiger partial charge in [-0.2, -0.15) is 0 Å². The van der Waals surface area contributed by atoms with Crippen LogP contribution < -0.4 is 0 Å². The Morgan fingerprint density at radius 3 is 2.29 bits per heavy atom. The fourth-order valence-corrected chi connectivity index (χ4v) is 2.87. The minimum atomic E-state index is -0.882. The lowest BCUT2D eigenvalue weighted by atomic mass is 10.1. The molecule has 2 rings (SSSR count). The summed E-state index contributed by atoms with van der Waals surface area (Å²) in [5.74, 6) is 0. The molecule has 1 amide bonds. The summed E-state index contributed by atoms with van der Waals surface area (Å²) in [7, 11) is 0. The summed E-state index contributed by atoms with van der Waals surface area (Å²) in [6, 6.07) is 7.78. The van der Waals surface area contributed by atoms with Crippen molar-refractivity contribution < 1.29 is 24.1 Å². The van der Waals surface area contributed by atoms with Crippen molar-refractivity contribution in [3.63, 3.8) is 0 Å². The fraction of sp³-hybridized carbons (Fsp3) is 0.611. The molecule has 0 atom stereocenters. The third-order valence-corrected chi connectivity index (χ3v) is 4.12. The summed E-state index contributed by atoms with van der Waals surface area (Å²) in [4.78, 5) is 13.1. The highest BCUT2D eigenvalue weighted by atomic mass is 16.7. The summed E-state index contributed by atoms with van der Waals surface area (Å²) >= 11 is 0. The molecule has 1 aromatic rings. The second-order valence-corrected chi connectivity index (χ2v) is 5.74. The zero-order valence-electron chi connectivity index (χ0n) is 14.4. The smallest absolute Gasteiger partial charge is 0.407 e. The van der Waals surface area contributed by atoms with E-state index in [1.807, 2.05) is 38.1 Å². The van der Waals surface area contributed by atoms with Crippen molar-refractivity contribution >= 4 is 6.09 Å². The second kappa shape index (κ2) is 9.61. The number of benzene rings is 1. The van der Waals surface area contributed by atoms with Gasteiger partial charge in [-0.25, -0.2) is 4.79 Å². The molecular weight excluding hydrogens is 310 g/mol. The van der Waals surface area contributed by atoms with Crippen molar-refractivity contribution in [1.29, 1.82) is 0 Å². The SMILES string of the molecule is CCOC(OCC)c1ccc(CN(C(=O)O)C2CCOCC2)cc1. The topological polar surface area (TPSA) is 68.2 Å². The number of nitrogens with zero attached hydrogens (tertiary/aromatic N) is 1. The predicted octanol–water partition coefficient (Wildman–Crippen LogP) is 3.42. The molecule has 1 fully saturated rings. The van der Waals surface area contributed by atoms with Crippen LogP contribution in [0.4, 0.5) is 4.79 Å². The van der Waals surface area contributed by atoms with Gasteiger partial charge in [0.25, 0.3) is 0 Å².